The molecule has 44 heavy (non-hydrogen) atoms. The number of nitrogens with one attached hydrogen (secondary N) is 1. The lowest BCUT2D eigenvalue weighted by Gasteiger charge is -2.24. The van der Waals surface area contributed by atoms with Crippen LogP contribution < -0.4 is 26.2 Å². The largest absolute Gasteiger partial charge is 0.462 e. The number of nitrogens with two attached hydrogens (primary N) is 1. The summed E-state index contributed by atoms with van der Waals surface area (Å²) < 4.78 is 12.2. The van der Waals surface area contributed by atoms with E-state index in [1.807, 2.05) is 51.1 Å². The van der Waals surface area contributed by atoms with Gasteiger partial charge in [-0.25, -0.2) is 4.79 Å². The van der Waals surface area contributed by atoms with Gasteiger partial charge in [-0.1, -0.05) is 97.4 Å². The quantitative estimate of drug-likeness (QED) is 0.118. The van der Waals surface area contributed by atoms with E-state index < -0.39 is 0 Å². The van der Waals surface area contributed by atoms with Crippen LogP contribution >= 0.6 is 0 Å². The molecule has 242 valence electrons. The number of unbranched alkanes of at least 4 members (excludes halogenated alkanes) is 7. The molecule has 3 aromatic rings. The van der Waals surface area contributed by atoms with Gasteiger partial charge in [0.25, 0.3) is 0 Å². The molecule has 0 unspecified atom stereocenters. The van der Waals surface area contributed by atoms with Crippen LogP contribution in [0.3, 0.4) is 0 Å². The normalized spacial score (nSPS) is 11.1. The van der Waals surface area contributed by atoms with Crippen molar-refractivity contribution in [1.29, 1.82) is 0 Å². The number of fused-ring (bicyclic) bond motifs is 2. The molecule has 3 aromatic carbocycles. The van der Waals surface area contributed by atoms with E-state index in [4.69, 9.17) is 15.2 Å². The summed E-state index contributed by atoms with van der Waals surface area (Å²) in [6.45, 7) is 20.6. The third-order valence-corrected chi connectivity index (χ3v) is 7.54. The molecule has 0 saturated heterocycles. The van der Waals surface area contributed by atoms with Crippen molar-refractivity contribution < 1.29 is 15.7 Å². The first-order chi connectivity index (χ1) is 21.4. The zero-order chi connectivity index (χ0) is 32.5. The topological polar surface area (TPSA) is 73.6 Å². The summed E-state index contributed by atoms with van der Waals surface area (Å²) >= 11 is 0. The third-order valence-electron chi connectivity index (χ3n) is 7.54. The van der Waals surface area contributed by atoms with E-state index in [0.29, 0.717) is 12.2 Å². The van der Waals surface area contributed by atoms with Crippen LogP contribution in [0, 0.1) is 13.8 Å². The van der Waals surface area contributed by atoms with E-state index in [0.717, 1.165) is 81.4 Å². The van der Waals surface area contributed by atoms with Gasteiger partial charge in [0.15, 0.2) is 0 Å². The Kier molecular flexibility index (Phi) is 16.4. The van der Waals surface area contributed by atoms with Crippen molar-refractivity contribution in [3.8, 4) is 11.5 Å². The van der Waals surface area contributed by atoms with Gasteiger partial charge in [0, 0.05) is 36.1 Å². The number of hydrogen-bond donors (Lipinski definition) is 2. The van der Waals surface area contributed by atoms with Crippen molar-refractivity contribution in [2.45, 2.75) is 99.8 Å². The molecule has 0 aromatic heterocycles. The molecule has 3 N–H and O–H groups in total. The Morgan fingerprint density at radius 1 is 0.864 bits per heavy atom. The molecule has 0 atom stereocenters. The van der Waals surface area contributed by atoms with Gasteiger partial charge in [0.1, 0.15) is 11.5 Å². The molecule has 5 heteroatoms. The Morgan fingerprint density at radius 3 is 2.16 bits per heavy atom. The van der Waals surface area contributed by atoms with Crippen LogP contribution in [0.25, 0.3) is 12.2 Å². The predicted octanol–water partition coefficient (Wildman–Crippen LogP) is 9.03. The van der Waals surface area contributed by atoms with Crippen molar-refractivity contribution in [3.05, 3.63) is 86.8 Å². The highest BCUT2D eigenvalue weighted by atomic mass is 16.5. The highest BCUT2D eigenvalue weighted by Gasteiger charge is 2.25. The average Bonchev–Trinajstić information content (AvgIpc) is 3.02. The minimum atomic E-state index is -0.276. The standard InChI is InChI=1S/C35H43NO3.C2H7N.C2H6.H2/c1-6-8-9-10-11-12-13-16-19-38-35(37)28-18-15-14-17-27(28)34-29-20-24(3)25(4)22-32(29)39-33-23-31(36-7-2)26(5)21-30(33)34;1-2-3;1-2;/h14-15,17-18,20-23,36H,4,6-13,16,19H2,1-3,5H3;2-3H2,1H3;1-2H3;1H. The van der Waals surface area contributed by atoms with Crippen molar-refractivity contribution in [1.82, 2.24) is 0 Å². The van der Waals surface area contributed by atoms with Crippen molar-refractivity contribution >= 4 is 23.8 Å². The maximum Gasteiger partial charge on any atom is 0.338 e. The third kappa shape index (κ3) is 9.99. The Labute approximate surface area is 268 Å². The Morgan fingerprint density at radius 2 is 1.50 bits per heavy atom. The van der Waals surface area contributed by atoms with Gasteiger partial charge in [-0.3, -0.25) is 0 Å². The molecule has 5 nitrogen and oxygen atoms in total. The number of benzene rings is 3. The monoisotopic (exact) mass is 602 g/mol. The summed E-state index contributed by atoms with van der Waals surface area (Å²) in [5, 5.41) is 5.32. The van der Waals surface area contributed by atoms with Crippen LogP contribution in [0.4, 0.5) is 5.69 Å². The minimum absolute atomic E-state index is 0. The number of aryl methyl sites for hydroxylation is 2. The Bertz CT molecular complexity index is 1450. The lowest BCUT2D eigenvalue weighted by Crippen LogP contribution is -2.23. The van der Waals surface area contributed by atoms with Crippen LogP contribution in [-0.4, -0.2) is 25.7 Å². The zero-order valence-corrected chi connectivity index (χ0v) is 28.4. The van der Waals surface area contributed by atoms with Crippen LogP contribution in [0.5, 0.6) is 11.5 Å². The second-order valence-electron chi connectivity index (χ2n) is 11.0. The van der Waals surface area contributed by atoms with Gasteiger partial charge >= 0.3 is 5.97 Å². The van der Waals surface area contributed by atoms with Crippen LogP contribution in [-0.2, 0) is 4.74 Å². The molecule has 1 aliphatic rings. The summed E-state index contributed by atoms with van der Waals surface area (Å²) in [6, 6.07) is 16.1. The van der Waals surface area contributed by atoms with E-state index in [-0.39, 0.29) is 7.40 Å². The fourth-order valence-electron chi connectivity index (χ4n) is 5.27. The molecular weight excluding hydrogens is 544 g/mol. The van der Waals surface area contributed by atoms with Gasteiger partial charge in [0.05, 0.1) is 12.2 Å². The summed E-state index contributed by atoms with van der Waals surface area (Å²) in [5.74, 6) is 1.24. The highest BCUT2D eigenvalue weighted by molar-refractivity contribution is 5.99. The minimum Gasteiger partial charge on any atom is -0.462 e. The first-order valence-electron chi connectivity index (χ1n) is 16.7. The number of anilines is 1. The highest BCUT2D eigenvalue weighted by Crippen LogP contribution is 2.40. The Hall–Kier alpha value is -3.57. The number of carbonyl (C=O) groups excluding carboxylic acids is 1. The van der Waals surface area contributed by atoms with E-state index in [2.05, 4.69) is 57.8 Å². The van der Waals surface area contributed by atoms with Crippen LogP contribution in [0.2, 0.25) is 0 Å². The predicted molar refractivity (Wildman–Crippen MR) is 191 cm³/mol. The molecule has 0 bridgehead atoms. The van der Waals surface area contributed by atoms with E-state index in [9.17, 15) is 4.79 Å². The maximum atomic E-state index is 13.4. The molecule has 0 saturated carbocycles. The average molecular weight is 603 g/mol. The first kappa shape index (κ1) is 36.6. The zero-order valence-electron chi connectivity index (χ0n) is 28.4. The van der Waals surface area contributed by atoms with E-state index in [1.165, 1.54) is 38.5 Å². The maximum absolute atomic E-state index is 13.4. The van der Waals surface area contributed by atoms with Gasteiger partial charge in [-0.15, -0.1) is 0 Å². The summed E-state index contributed by atoms with van der Waals surface area (Å²) in [7, 11) is 0. The molecular formula is C39H58N2O3. The smallest absolute Gasteiger partial charge is 0.338 e. The number of hydrogen-bond acceptors (Lipinski definition) is 5. The van der Waals surface area contributed by atoms with E-state index >= 15 is 0 Å². The fourth-order valence-corrected chi connectivity index (χ4v) is 5.27. The first-order valence-corrected chi connectivity index (χ1v) is 16.7. The lowest BCUT2D eigenvalue weighted by molar-refractivity contribution is 0.0497. The number of esters is 1. The van der Waals surface area contributed by atoms with Gasteiger partial charge in [-0.05, 0) is 79.9 Å². The van der Waals surface area contributed by atoms with Gasteiger partial charge < -0.3 is 20.5 Å². The van der Waals surface area contributed by atoms with Crippen molar-refractivity contribution in [2.75, 3.05) is 25.0 Å². The van der Waals surface area contributed by atoms with Crippen LogP contribution in [0.15, 0.2) is 48.5 Å². The molecule has 0 fully saturated rings. The van der Waals surface area contributed by atoms with E-state index in [1.54, 1.807) is 0 Å². The number of ether oxygens (including phenoxy) is 2. The number of carbonyl (C=O) groups is 1. The van der Waals surface area contributed by atoms with Crippen molar-refractivity contribution in [3.63, 3.8) is 0 Å². The summed E-state index contributed by atoms with van der Waals surface area (Å²) in [4.78, 5) is 13.4. The second-order valence-corrected chi connectivity index (χ2v) is 11.0. The SMILES string of the molecule is C=c1cc2c(cc1C)=C(c1ccccc1C(=O)OCCCCCCCCCC)c1cc(C)c(NCC)cc1O2.CC.CCN.[HH]. The van der Waals surface area contributed by atoms with Crippen LogP contribution in [0.1, 0.15) is 120 Å². The van der Waals surface area contributed by atoms with Gasteiger partial charge in [0.2, 0.25) is 0 Å². The Balaban J connectivity index is 0.00000159. The molecule has 0 amide bonds. The molecule has 1 heterocycles. The molecule has 0 spiro atoms. The van der Waals surface area contributed by atoms with Crippen molar-refractivity contribution in [2.24, 2.45) is 5.73 Å². The number of rotatable bonds is 13. The second kappa shape index (κ2) is 19.7. The van der Waals surface area contributed by atoms with Gasteiger partial charge in [-0.2, -0.15) is 0 Å². The molecule has 4 rings (SSSR count). The molecule has 0 radical (unpaired) electrons. The lowest BCUT2D eigenvalue weighted by atomic mass is 9.88. The fraction of sp³-hybridized carbons (Fsp3) is 0.462. The summed E-state index contributed by atoms with van der Waals surface area (Å²) in [5.41, 5.74) is 11.5. The molecule has 0 aliphatic carbocycles. The summed E-state index contributed by atoms with van der Waals surface area (Å²) in [6.07, 6.45) is 9.68. The molecule has 1 aliphatic heterocycles.